The van der Waals surface area contributed by atoms with E-state index >= 15 is 0 Å². The Bertz CT molecular complexity index is 1180. The van der Waals surface area contributed by atoms with Gasteiger partial charge in [-0.05, 0) is 76.8 Å². The first-order valence-corrected chi connectivity index (χ1v) is 14.9. The van der Waals surface area contributed by atoms with Crippen molar-refractivity contribution in [3.8, 4) is 0 Å². The van der Waals surface area contributed by atoms with Crippen LogP contribution in [0.1, 0.15) is 67.2 Å². The number of benzene rings is 1. The molecule has 0 bridgehead atoms. The van der Waals surface area contributed by atoms with Gasteiger partial charge >= 0.3 is 5.97 Å². The summed E-state index contributed by atoms with van der Waals surface area (Å²) >= 11 is 1.68. The second kappa shape index (κ2) is 12.8. The van der Waals surface area contributed by atoms with Crippen LogP contribution in [0, 0.1) is 11.8 Å². The summed E-state index contributed by atoms with van der Waals surface area (Å²) < 4.78 is 19.1. The number of Topliss-reactive ketones (excluding diaryl/α,β-unsaturated/α-hetero) is 1. The van der Waals surface area contributed by atoms with Crippen molar-refractivity contribution >= 4 is 23.5 Å². The molecule has 0 amide bonds. The van der Waals surface area contributed by atoms with Crippen LogP contribution in [0.4, 0.5) is 0 Å². The molecule has 0 radical (unpaired) electrons. The number of hydrogen-bond acceptors (Lipinski definition) is 6. The van der Waals surface area contributed by atoms with E-state index in [2.05, 4.69) is 58.1 Å². The molecule has 2 aliphatic heterocycles. The van der Waals surface area contributed by atoms with Crippen LogP contribution in [-0.4, -0.2) is 41.6 Å². The zero-order chi connectivity index (χ0) is 28.2. The standard InChI is InChI=1S/C33H42O5S/c1-21(2)11-10-12-22(3)15-27-16-23(4)18-33(37-27)19-26(20-36-25(6)34)29-17-30(35)24(5)32(31(29)38-33)39-28-13-8-7-9-14-28/h7-9,11,13-15,18-19,24,27,29,31-32H,10,12,16-17,20H2,1-6H3/b22-15+/t24-,27-,29-,31+,32+,33+/m1/s1. The third-order valence-electron chi connectivity index (χ3n) is 7.65. The molecule has 1 aromatic rings. The molecule has 2 heterocycles. The van der Waals surface area contributed by atoms with E-state index in [0.717, 1.165) is 29.7 Å². The molecule has 6 atom stereocenters. The van der Waals surface area contributed by atoms with Crippen molar-refractivity contribution in [2.75, 3.05) is 6.61 Å². The quantitative estimate of drug-likeness (QED) is 0.249. The Hall–Kier alpha value is -2.41. The van der Waals surface area contributed by atoms with Gasteiger partial charge in [-0.25, -0.2) is 0 Å². The third-order valence-corrected chi connectivity index (χ3v) is 9.14. The van der Waals surface area contributed by atoms with Crippen molar-refractivity contribution in [2.45, 2.75) is 95.4 Å². The molecule has 6 heteroatoms. The van der Waals surface area contributed by atoms with Gasteiger partial charge in [-0.15, -0.1) is 11.8 Å². The van der Waals surface area contributed by atoms with Crippen LogP contribution in [-0.2, 0) is 23.8 Å². The highest BCUT2D eigenvalue weighted by atomic mass is 32.2. The molecular weight excluding hydrogens is 508 g/mol. The lowest BCUT2D eigenvalue weighted by atomic mass is 9.73. The van der Waals surface area contributed by atoms with E-state index in [-0.39, 0.29) is 47.7 Å². The number of thioether (sulfide) groups is 1. The zero-order valence-corrected chi connectivity index (χ0v) is 24.9. The molecule has 0 unspecified atom stereocenters. The number of esters is 1. The lowest BCUT2D eigenvalue weighted by Crippen LogP contribution is -2.56. The summed E-state index contributed by atoms with van der Waals surface area (Å²) in [6, 6.07) is 10.2. The van der Waals surface area contributed by atoms with Crippen LogP contribution in [0.2, 0.25) is 0 Å². The number of rotatable bonds is 8. The van der Waals surface area contributed by atoms with E-state index in [1.54, 1.807) is 11.8 Å². The van der Waals surface area contributed by atoms with E-state index in [9.17, 15) is 9.59 Å². The van der Waals surface area contributed by atoms with E-state index in [1.165, 1.54) is 23.6 Å². The van der Waals surface area contributed by atoms with Gasteiger partial charge in [-0.3, -0.25) is 9.59 Å². The number of ketones is 1. The summed E-state index contributed by atoms with van der Waals surface area (Å²) in [5.41, 5.74) is 4.70. The molecule has 39 heavy (non-hydrogen) atoms. The van der Waals surface area contributed by atoms with Crippen molar-refractivity contribution < 1.29 is 23.8 Å². The third kappa shape index (κ3) is 7.62. The van der Waals surface area contributed by atoms with Crippen molar-refractivity contribution in [3.63, 3.8) is 0 Å². The number of hydrogen-bond donors (Lipinski definition) is 0. The highest BCUT2D eigenvalue weighted by molar-refractivity contribution is 8.00. The minimum Gasteiger partial charge on any atom is -0.461 e. The number of fused-ring (bicyclic) bond motifs is 1. The second-order valence-electron chi connectivity index (χ2n) is 11.4. The Morgan fingerprint density at radius 1 is 1.10 bits per heavy atom. The summed E-state index contributed by atoms with van der Waals surface area (Å²) in [6.45, 7) is 12.1. The first-order valence-electron chi connectivity index (χ1n) is 14.0. The maximum Gasteiger partial charge on any atom is 0.302 e. The Kier molecular flexibility index (Phi) is 9.73. The van der Waals surface area contributed by atoms with Gasteiger partial charge < -0.3 is 14.2 Å². The summed E-state index contributed by atoms with van der Waals surface area (Å²) in [7, 11) is 0. The van der Waals surface area contributed by atoms with Gasteiger partial charge in [0.1, 0.15) is 12.4 Å². The minimum atomic E-state index is -1.07. The monoisotopic (exact) mass is 550 g/mol. The van der Waals surface area contributed by atoms with E-state index in [0.29, 0.717) is 6.42 Å². The maximum absolute atomic E-state index is 13.2. The van der Waals surface area contributed by atoms with Crippen LogP contribution < -0.4 is 0 Å². The number of carbonyl (C=O) groups is 2. The topological polar surface area (TPSA) is 61.8 Å². The fourth-order valence-corrected chi connectivity index (χ4v) is 7.09. The second-order valence-corrected chi connectivity index (χ2v) is 12.7. The van der Waals surface area contributed by atoms with Crippen LogP contribution in [0.3, 0.4) is 0 Å². The van der Waals surface area contributed by atoms with Gasteiger partial charge in [0.05, 0.1) is 12.2 Å². The van der Waals surface area contributed by atoms with Gasteiger partial charge in [-0.1, -0.05) is 54.0 Å². The van der Waals surface area contributed by atoms with E-state index in [1.807, 2.05) is 31.2 Å². The Morgan fingerprint density at radius 2 is 1.85 bits per heavy atom. The molecule has 1 saturated carbocycles. The molecular formula is C33H42O5S. The largest absolute Gasteiger partial charge is 0.461 e. The number of ether oxygens (including phenoxy) is 3. The van der Waals surface area contributed by atoms with E-state index in [4.69, 9.17) is 14.2 Å². The van der Waals surface area contributed by atoms with Gasteiger partial charge in [0, 0.05) is 35.3 Å². The summed E-state index contributed by atoms with van der Waals surface area (Å²) in [4.78, 5) is 26.1. The Balaban J connectivity index is 1.67. The molecule has 1 aliphatic carbocycles. The van der Waals surface area contributed by atoms with Crippen LogP contribution in [0.15, 0.2) is 81.8 Å². The molecule has 1 fully saturated rings. The maximum atomic E-state index is 13.2. The smallest absolute Gasteiger partial charge is 0.302 e. The Morgan fingerprint density at radius 3 is 2.54 bits per heavy atom. The highest BCUT2D eigenvalue weighted by Gasteiger charge is 2.52. The van der Waals surface area contributed by atoms with Crippen LogP contribution in [0.5, 0.6) is 0 Å². The minimum absolute atomic E-state index is 0.101. The predicted octanol–water partition coefficient (Wildman–Crippen LogP) is 7.38. The average Bonchev–Trinajstić information content (AvgIpc) is 2.86. The molecule has 3 aliphatic rings. The fourth-order valence-electron chi connectivity index (χ4n) is 5.73. The highest BCUT2D eigenvalue weighted by Crippen LogP contribution is 2.48. The molecule has 0 N–H and O–H groups in total. The molecule has 4 rings (SSSR count). The molecule has 1 spiro atoms. The molecule has 1 aromatic carbocycles. The molecule has 0 aromatic heterocycles. The van der Waals surface area contributed by atoms with Crippen molar-refractivity contribution in [1.29, 1.82) is 0 Å². The Labute approximate surface area is 237 Å². The molecule has 210 valence electrons. The SMILES string of the molecule is CC(=O)OCC1=C[C@]2(C=C(C)C[C@@H](/C=C(\C)CCC=C(C)C)O2)O[C@@H]2[C@@H](Sc3ccccc3)[C@H](C)C(=O)C[C@H]12. The van der Waals surface area contributed by atoms with Crippen molar-refractivity contribution in [1.82, 2.24) is 0 Å². The summed E-state index contributed by atoms with van der Waals surface area (Å²) in [6.07, 6.45) is 11.3. The average molecular weight is 551 g/mol. The number of allylic oxidation sites excluding steroid dienone is 3. The fraction of sp³-hybridized carbons (Fsp3) is 0.515. The normalized spacial score (nSPS) is 30.8. The number of carbonyl (C=O) groups excluding carboxylic acids is 2. The van der Waals surface area contributed by atoms with E-state index < -0.39 is 5.79 Å². The van der Waals surface area contributed by atoms with Crippen molar-refractivity contribution in [2.24, 2.45) is 11.8 Å². The lowest BCUT2D eigenvalue weighted by Gasteiger charge is -2.50. The van der Waals surface area contributed by atoms with Crippen LogP contribution in [0.25, 0.3) is 0 Å². The van der Waals surface area contributed by atoms with Crippen LogP contribution >= 0.6 is 11.8 Å². The predicted molar refractivity (Wildman–Crippen MR) is 156 cm³/mol. The molecule has 0 saturated heterocycles. The van der Waals surface area contributed by atoms with Gasteiger partial charge in [0.15, 0.2) is 0 Å². The van der Waals surface area contributed by atoms with Crippen molar-refractivity contribution in [3.05, 3.63) is 76.9 Å². The molecule has 5 nitrogen and oxygen atoms in total. The van der Waals surface area contributed by atoms with Gasteiger partial charge in [0.25, 0.3) is 0 Å². The summed E-state index contributed by atoms with van der Waals surface area (Å²) in [5, 5.41) is -0.101. The zero-order valence-electron chi connectivity index (χ0n) is 24.1. The first-order chi connectivity index (χ1) is 18.5. The first kappa shape index (κ1) is 29.6. The van der Waals surface area contributed by atoms with Gasteiger partial charge in [-0.2, -0.15) is 0 Å². The lowest BCUT2D eigenvalue weighted by molar-refractivity contribution is -0.238. The summed E-state index contributed by atoms with van der Waals surface area (Å²) in [5.74, 6) is -1.55. The van der Waals surface area contributed by atoms with Gasteiger partial charge in [0.2, 0.25) is 5.79 Å².